The van der Waals surface area contributed by atoms with Crippen molar-refractivity contribution in [3.05, 3.63) is 52.5 Å². The van der Waals surface area contributed by atoms with E-state index in [1.165, 1.54) is 6.07 Å². The van der Waals surface area contributed by atoms with Crippen molar-refractivity contribution < 1.29 is 4.39 Å². The lowest BCUT2D eigenvalue weighted by atomic mass is 10.2. The van der Waals surface area contributed by atoms with Gasteiger partial charge in [0.2, 0.25) is 5.95 Å². The number of aromatic nitrogens is 3. The highest BCUT2D eigenvalue weighted by Gasteiger charge is 2.11. The maximum Gasteiger partial charge on any atom is 0.201 e. The van der Waals surface area contributed by atoms with Gasteiger partial charge in [-0.25, -0.2) is 9.37 Å². The molecule has 0 unspecified atom stereocenters. The molecule has 1 aromatic carbocycles. The number of anilines is 1. The smallest absolute Gasteiger partial charge is 0.201 e. The highest BCUT2D eigenvalue weighted by Crippen LogP contribution is 2.25. The monoisotopic (exact) mass is 320 g/mol. The topological polar surface area (TPSA) is 56.7 Å². The average molecular weight is 321 g/mol. The van der Waals surface area contributed by atoms with E-state index in [1.807, 2.05) is 16.7 Å². The lowest BCUT2D eigenvalue weighted by Crippen LogP contribution is -2.04. The molecule has 2 N–H and O–H groups in total. The van der Waals surface area contributed by atoms with Crippen LogP contribution in [-0.4, -0.2) is 14.5 Å². The molecule has 0 amide bonds. The molecule has 0 aliphatic rings. The van der Waals surface area contributed by atoms with Crippen LogP contribution >= 0.6 is 15.9 Å². The molecule has 96 valence electrons. The standard InChI is InChI=1S/C13H10BrFN4/c14-9-4-12-11(5-10(9)15)18-13(16)19(12)7-8-2-1-3-17-6-8/h1-6H,7H2,(H2,16,18). The number of rotatable bonds is 2. The summed E-state index contributed by atoms with van der Waals surface area (Å²) >= 11 is 3.18. The van der Waals surface area contributed by atoms with Crippen molar-refractivity contribution in [2.24, 2.45) is 0 Å². The Balaban J connectivity index is 2.13. The molecule has 0 aliphatic carbocycles. The van der Waals surface area contributed by atoms with Gasteiger partial charge in [0.25, 0.3) is 0 Å². The fourth-order valence-corrected chi connectivity index (χ4v) is 2.31. The van der Waals surface area contributed by atoms with Crippen molar-refractivity contribution >= 4 is 32.9 Å². The van der Waals surface area contributed by atoms with Crippen molar-refractivity contribution in [3.63, 3.8) is 0 Å². The molecule has 0 aliphatic heterocycles. The molecular formula is C13H10BrFN4. The highest BCUT2D eigenvalue weighted by molar-refractivity contribution is 9.10. The number of nitrogens with two attached hydrogens (primary N) is 1. The van der Waals surface area contributed by atoms with Crippen LogP contribution in [0.25, 0.3) is 11.0 Å². The predicted octanol–water partition coefficient (Wildman–Crippen LogP) is 2.96. The maximum atomic E-state index is 13.5. The van der Waals surface area contributed by atoms with Crippen LogP contribution in [0.4, 0.5) is 10.3 Å². The van der Waals surface area contributed by atoms with Gasteiger partial charge in [0.15, 0.2) is 0 Å². The second-order valence-electron chi connectivity index (χ2n) is 4.17. The molecule has 0 saturated heterocycles. The zero-order valence-corrected chi connectivity index (χ0v) is 11.4. The second-order valence-corrected chi connectivity index (χ2v) is 5.03. The molecule has 0 radical (unpaired) electrons. The summed E-state index contributed by atoms with van der Waals surface area (Å²) in [7, 11) is 0. The summed E-state index contributed by atoms with van der Waals surface area (Å²) in [5, 5.41) is 0. The van der Waals surface area contributed by atoms with Crippen molar-refractivity contribution in [2.45, 2.75) is 6.54 Å². The molecule has 0 bridgehead atoms. The van der Waals surface area contributed by atoms with E-state index in [0.717, 1.165) is 11.1 Å². The van der Waals surface area contributed by atoms with Crippen LogP contribution in [0.1, 0.15) is 5.56 Å². The Morgan fingerprint density at radius 2 is 2.21 bits per heavy atom. The molecule has 3 aromatic rings. The van der Waals surface area contributed by atoms with Crippen LogP contribution in [0.15, 0.2) is 41.1 Å². The third-order valence-corrected chi connectivity index (χ3v) is 3.49. The Bertz CT molecular complexity index is 739. The SMILES string of the molecule is Nc1nc2cc(F)c(Br)cc2n1Cc1cccnc1. The largest absolute Gasteiger partial charge is 0.369 e. The minimum Gasteiger partial charge on any atom is -0.369 e. The Labute approximate surface area is 117 Å². The molecule has 4 nitrogen and oxygen atoms in total. The van der Waals surface area contributed by atoms with Gasteiger partial charge in [-0.15, -0.1) is 0 Å². The first-order chi connectivity index (χ1) is 9.15. The summed E-state index contributed by atoms with van der Waals surface area (Å²) in [5.41, 5.74) is 8.23. The predicted molar refractivity (Wildman–Crippen MR) is 75.1 cm³/mol. The number of benzene rings is 1. The summed E-state index contributed by atoms with van der Waals surface area (Å²) in [5.74, 6) is 0.00915. The minimum atomic E-state index is -0.349. The van der Waals surface area contributed by atoms with Gasteiger partial charge in [0.05, 0.1) is 22.1 Å². The lowest BCUT2D eigenvalue weighted by Gasteiger charge is -2.06. The van der Waals surface area contributed by atoms with Gasteiger partial charge in [-0.2, -0.15) is 0 Å². The molecule has 19 heavy (non-hydrogen) atoms. The van der Waals surface area contributed by atoms with E-state index in [4.69, 9.17) is 5.73 Å². The average Bonchev–Trinajstić information content (AvgIpc) is 2.68. The van der Waals surface area contributed by atoms with Gasteiger partial charge in [-0.1, -0.05) is 6.07 Å². The molecule has 0 atom stereocenters. The summed E-state index contributed by atoms with van der Waals surface area (Å²) < 4.78 is 15.7. The zero-order valence-electron chi connectivity index (χ0n) is 9.85. The van der Waals surface area contributed by atoms with Gasteiger partial charge in [-0.3, -0.25) is 4.98 Å². The number of nitrogen functional groups attached to an aromatic ring is 1. The molecule has 0 spiro atoms. The van der Waals surface area contributed by atoms with Crippen LogP contribution in [0.2, 0.25) is 0 Å². The molecule has 0 saturated carbocycles. The molecule has 3 rings (SSSR count). The lowest BCUT2D eigenvalue weighted by molar-refractivity contribution is 0.622. The Morgan fingerprint density at radius 3 is 2.95 bits per heavy atom. The Kier molecular flexibility index (Phi) is 2.94. The van der Waals surface area contributed by atoms with E-state index in [0.29, 0.717) is 22.5 Å². The van der Waals surface area contributed by atoms with Crippen molar-refractivity contribution in [1.29, 1.82) is 0 Å². The summed E-state index contributed by atoms with van der Waals surface area (Å²) in [4.78, 5) is 8.23. The van der Waals surface area contributed by atoms with Crippen LogP contribution < -0.4 is 5.73 Å². The Morgan fingerprint density at radius 1 is 1.37 bits per heavy atom. The third-order valence-electron chi connectivity index (χ3n) is 2.88. The van der Waals surface area contributed by atoms with Crippen LogP contribution in [0.3, 0.4) is 0 Å². The van der Waals surface area contributed by atoms with Gasteiger partial charge >= 0.3 is 0 Å². The van der Waals surface area contributed by atoms with E-state index in [1.54, 1.807) is 18.5 Å². The number of hydrogen-bond donors (Lipinski definition) is 1. The number of pyridine rings is 1. The normalized spacial score (nSPS) is 11.1. The second kappa shape index (κ2) is 4.62. The van der Waals surface area contributed by atoms with Crippen molar-refractivity contribution in [2.75, 3.05) is 5.73 Å². The molecular weight excluding hydrogens is 311 g/mol. The highest BCUT2D eigenvalue weighted by atomic mass is 79.9. The molecule has 2 aromatic heterocycles. The fourth-order valence-electron chi connectivity index (χ4n) is 1.98. The number of nitrogens with zero attached hydrogens (tertiary/aromatic N) is 3. The van der Waals surface area contributed by atoms with E-state index in [2.05, 4.69) is 25.9 Å². The molecule has 2 heterocycles. The first-order valence-corrected chi connectivity index (χ1v) is 6.44. The summed E-state index contributed by atoms with van der Waals surface area (Å²) in [6.07, 6.45) is 3.48. The summed E-state index contributed by atoms with van der Waals surface area (Å²) in [6.45, 7) is 0.550. The molecule has 6 heteroatoms. The number of halogens is 2. The van der Waals surface area contributed by atoms with E-state index in [9.17, 15) is 4.39 Å². The van der Waals surface area contributed by atoms with Gasteiger partial charge in [-0.05, 0) is 33.6 Å². The van der Waals surface area contributed by atoms with Gasteiger partial charge < -0.3 is 10.3 Å². The third kappa shape index (κ3) is 2.19. The number of imidazole rings is 1. The minimum absolute atomic E-state index is 0.349. The fraction of sp³-hybridized carbons (Fsp3) is 0.0769. The van der Waals surface area contributed by atoms with E-state index in [-0.39, 0.29) is 5.82 Å². The summed E-state index contributed by atoms with van der Waals surface area (Å²) in [6, 6.07) is 6.87. The quantitative estimate of drug-likeness (QED) is 0.789. The van der Waals surface area contributed by atoms with Crippen molar-refractivity contribution in [3.8, 4) is 0 Å². The first-order valence-electron chi connectivity index (χ1n) is 5.65. The van der Waals surface area contributed by atoms with E-state index >= 15 is 0 Å². The van der Waals surface area contributed by atoms with Crippen LogP contribution in [-0.2, 0) is 6.54 Å². The number of fused-ring (bicyclic) bond motifs is 1. The van der Waals surface area contributed by atoms with Crippen LogP contribution in [0, 0.1) is 5.82 Å². The van der Waals surface area contributed by atoms with Gasteiger partial charge in [0.1, 0.15) is 5.82 Å². The number of hydrogen-bond acceptors (Lipinski definition) is 3. The molecule has 0 fully saturated rings. The zero-order chi connectivity index (χ0) is 13.4. The van der Waals surface area contributed by atoms with Crippen LogP contribution in [0.5, 0.6) is 0 Å². The van der Waals surface area contributed by atoms with Gasteiger partial charge in [0, 0.05) is 18.5 Å². The Hall–Kier alpha value is -1.95. The van der Waals surface area contributed by atoms with E-state index < -0.39 is 0 Å². The maximum absolute atomic E-state index is 13.5. The first kappa shape index (κ1) is 12.1. The van der Waals surface area contributed by atoms with Crippen molar-refractivity contribution in [1.82, 2.24) is 14.5 Å².